The molecule has 0 unspecified atom stereocenters. The first-order valence-electron chi connectivity index (χ1n) is 5.16. The zero-order valence-corrected chi connectivity index (χ0v) is 9.02. The molecule has 0 atom stereocenters. The maximum absolute atomic E-state index is 5.08. The summed E-state index contributed by atoms with van der Waals surface area (Å²) in [5, 5.41) is 0. The smallest absolute Gasteiger partial charge is 0.203 e. The Bertz CT molecular complexity index is 339. The van der Waals surface area contributed by atoms with Crippen LogP contribution in [0.25, 0.3) is 0 Å². The van der Waals surface area contributed by atoms with E-state index in [1.165, 1.54) is 25.7 Å². The van der Waals surface area contributed by atoms with Gasteiger partial charge in [-0.2, -0.15) is 0 Å². The molecule has 0 aromatic carbocycles. The summed E-state index contributed by atoms with van der Waals surface area (Å²) in [5.74, 6) is 0.930. The predicted molar refractivity (Wildman–Crippen MR) is 60.1 cm³/mol. The molecule has 1 aromatic heterocycles. The topological polar surface area (TPSA) is 31.9 Å². The summed E-state index contributed by atoms with van der Waals surface area (Å²) >= 11 is 5.08. The zero-order chi connectivity index (χ0) is 9.80. The van der Waals surface area contributed by atoms with Gasteiger partial charge in [-0.15, -0.1) is 0 Å². The lowest BCUT2D eigenvalue weighted by molar-refractivity contribution is 0.726. The van der Waals surface area contributed by atoms with E-state index >= 15 is 0 Å². The fraction of sp³-hybridized carbons (Fsp3) is 0.600. The SMILES string of the molecule is S=c1ccnc(N2CCCCCC2)[nH]1. The van der Waals surface area contributed by atoms with Crippen LogP contribution >= 0.6 is 12.2 Å². The summed E-state index contributed by atoms with van der Waals surface area (Å²) in [7, 11) is 0. The lowest BCUT2D eigenvalue weighted by Gasteiger charge is -2.20. The van der Waals surface area contributed by atoms with Gasteiger partial charge < -0.3 is 9.88 Å². The lowest BCUT2D eigenvalue weighted by Crippen LogP contribution is -2.25. The van der Waals surface area contributed by atoms with E-state index in [0.29, 0.717) is 0 Å². The average molecular weight is 209 g/mol. The minimum Gasteiger partial charge on any atom is -0.342 e. The molecule has 0 amide bonds. The number of anilines is 1. The Hall–Kier alpha value is -0.900. The molecule has 0 bridgehead atoms. The summed E-state index contributed by atoms with van der Waals surface area (Å²) in [5.41, 5.74) is 0. The number of nitrogens with one attached hydrogen (secondary N) is 1. The first-order valence-corrected chi connectivity index (χ1v) is 5.57. The van der Waals surface area contributed by atoms with E-state index in [1.807, 2.05) is 6.07 Å². The van der Waals surface area contributed by atoms with E-state index in [1.54, 1.807) is 6.20 Å². The van der Waals surface area contributed by atoms with Gasteiger partial charge >= 0.3 is 0 Å². The van der Waals surface area contributed by atoms with Gasteiger partial charge in [-0.05, 0) is 18.9 Å². The van der Waals surface area contributed by atoms with Crippen molar-refractivity contribution in [1.82, 2.24) is 9.97 Å². The van der Waals surface area contributed by atoms with Crippen LogP contribution in [0.4, 0.5) is 5.95 Å². The summed E-state index contributed by atoms with van der Waals surface area (Å²) < 4.78 is 0.763. The molecular formula is C10H15N3S. The minimum atomic E-state index is 0.763. The van der Waals surface area contributed by atoms with Gasteiger partial charge in [0.2, 0.25) is 5.95 Å². The van der Waals surface area contributed by atoms with Crippen LogP contribution in [0.15, 0.2) is 12.3 Å². The fourth-order valence-electron chi connectivity index (χ4n) is 1.80. The molecule has 76 valence electrons. The number of aromatic nitrogens is 2. The van der Waals surface area contributed by atoms with Crippen molar-refractivity contribution in [1.29, 1.82) is 0 Å². The molecule has 14 heavy (non-hydrogen) atoms. The average Bonchev–Trinajstić information content (AvgIpc) is 2.45. The van der Waals surface area contributed by atoms with Crippen molar-refractivity contribution in [3.63, 3.8) is 0 Å². The maximum Gasteiger partial charge on any atom is 0.203 e. The van der Waals surface area contributed by atoms with Crippen molar-refractivity contribution < 1.29 is 0 Å². The molecule has 1 aliphatic heterocycles. The number of nitrogens with zero attached hydrogens (tertiary/aromatic N) is 2. The maximum atomic E-state index is 5.08. The number of hydrogen-bond acceptors (Lipinski definition) is 3. The molecule has 0 spiro atoms. The third kappa shape index (κ3) is 2.32. The minimum absolute atomic E-state index is 0.763. The Morgan fingerprint density at radius 2 is 1.93 bits per heavy atom. The Morgan fingerprint density at radius 1 is 1.21 bits per heavy atom. The number of rotatable bonds is 1. The third-order valence-corrected chi connectivity index (χ3v) is 2.80. The number of H-pyrrole nitrogens is 1. The highest BCUT2D eigenvalue weighted by atomic mass is 32.1. The van der Waals surface area contributed by atoms with Crippen LogP contribution in [0.5, 0.6) is 0 Å². The second-order valence-corrected chi connectivity index (χ2v) is 4.10. The van der Waals surface area contributed by atoms with Crippen LogP contribution in [0.2, 0.25) is 0 Å². The second kappa shape index (κ2) is 4.55. The molecule has 2 heterocycles. The van der Waals surface area contributed by atoms with Gasteiger partial charge in [0, 0.05) is 19.3 Å². The van der Waals surface area contributed by atoms with Gasteiger partial charge in [0.05, 0.1) is 0 Å². The van der Waals surface area contributed by atoms with Crippen LogP contribution in [0.1, 0.15) is 25.7 Å². The quantitative estimate of drug-likeness (QED) is 0.721. The molecule has 1 fully saturated rings. The van der Waals surface area contributed by atoms with Crippen molar-refractivity contribution in [2.75, 3.05) is 18.0 Å². The Labute approximate surface area is 89.2 Å². The zero-order valence-electron chi connectivity index (χ0n) is 8.20. The van der Waals surface area contributed by atoms with Gasteiger partial charge in [-0.25, -0.2) is 4.98 Å². The van der Waals surface area contributed by atoms with E-state index in [2.05, 4.69) is 14.9 Å². The van der Waals surface area contributed by atoms with Crippen LogP contribution in [-0.2, 0) is 0 Å². The van der Waals surface area contributed by atoms with Crippen molar-refractivity contribution >= 4 is 18.2 Å². The van der Waals surface area contributed by atoms with E-state index in [4.69, 9.17) is 12.2 Å². The summed E-state index contributed by atoms with van der Waals surface area (Å²) in [6, 6.07) is 1.82. The molecule has 1 aromatic rings. The molecule has 2 rings (SSSR count). The van der Waals surface area contributed by atoms with Gasteiger partial charge in [-0.3, -0.25) is 0 Å². The summed E-state index contributed by atoms with van der Waals surface area (Å²) in [6.45, 7) is 2.20. The van der Waals surface area contributed by atoms with Gasteiger partial charge in [0.1, 0.15) is 4.64 Å². The normalized spacial score (nSPS) is 17.9. The molecule has 1 saturated heterocycles. The first-order chi connectivity index (χ1) is 6.86. The van der Waals surface area contributed by atoms with Crippen molar-refractivity contribution in [2.24, 2.45) is 0 Å². The second-order valence-electron chi connectivity index (χ2n) is 3.66. The van der Waals surface area contributed by atoms with Crippen LogP contribution in [0.3, 0.4) is 0 Å². The summed E-state index contributed by atoms with van der Waals surface area (Å²) in [6.07, 6.45) is 6.97. The molecule has 3 nitrogen and oxygen atoms in total. The molecular weight excluding hydrogens is 194 g/mol. The first kappa shape index (κ1) is 9.65. The van der Waals surface area contributed by atoms with Crippen molar-refractivity contribution in [3.8, 4) is 0 Å². The van der Waals surface area contributed by atoms with E-state index in [-0.39, 0.29) is 0 Å². The van der Waals surface area contributed by atoms with Gasteiger partial charge in [-0.1, -0.05) is 25.1 Å². The monoisotopic (exact) mass is 209 g/mol. The highest BCUT2D eigenvalue weighted by molar-refractivity contribution is 7.71. The number of hydrogen-bond donors (Lipinski definition) is 1. The predicted octanol–water partition coefficient (Wildman–Crippen LogP) is 2.52. The molecule has 0 radical (unpaired) electrons. The van der Waals surface area contributed by atoms with E-state index < -0.39 is 0 Å². The van der Waals surface area contributed by atoms with Crippen LogP contribution < -0.4 is 4.90 Å². The summed E-state index contributed by atoms with van der Waals surface area (Å²) in [4.78, 5) is 9.74. The Kier molecular flexibility index (Phi) is 3.14. The lowest BCUT2D eigenvalue weighted by atomic mass is 10.2. The van der Waals surface area contributed by atoms with Crippen molar-refractivity contribution in [2.45, 2.75) is 25.7 Å². The molecule has 4 heteroatoms. The standard InChI is InChI=1S/C10H15N3S/c14-9-5-6-11-10(12-9)13-7-3-1-2-4-8-13/h5-6H,1-4,7-8H2,(H,11,12,14). The molecule has 1 N–H and O–H groups in total. The number of aromatic amines is 1. The molecule has 1 aliphatic rings. The van der Waals surface area contributed by atoms with Crippen LogP contribution in [-0.4, -0.2) is 23.1 Å². The van der Waals surface area contributed by atoms with Gasteiger partial charge in [0.25, 0.3) is 0 Å². The highest BCUT2D eigenvalue weighted by Gasteiger charge is 2.10. The Morgan fingerprint density at radius 3 is 2.57 bits per heavy atom. The highest BCUT2D eigenvalue weighted by Crippen LogP contribution is 2.14. The largest absolute Gasteiger partial charge is 0.342 e. The van der Waals surface area contributed by atoms with E-state index in [9.17, 15) is 0 Å². The van der Waals surface area contributed by atoms with E-state index in [0.717, 1.165) is 23.7 Å². The third-order valence-electron chi connectivity index (χ3n) is 2.56. The Balaban J connectivity index is 2.16. The fourth-order valence-corrected chi connectivity index (χ4v) is 1.96. The van der Waals surface area contributed by atoms with Gasteiger partial charge in [0.15, 0.2) is 0 Å². The molecule has 0 aliphatic carbocycles. The van der Waals surface area contributed by atoms with Crippen LogP contribution in [0, 0.1) is 4.64 Å². The van der Waals surface area contributed by atoms with Crippen molar-refractivity contribution in [3.05, 3.63) is 16.9 Å². The molecule has 0 saturated carbocycles.